The van der Waals surface area contributed by atoms with Crippen molar-refractivity contribution in [3.8, 4) is 34.8 Å². The molecule has 13 rings (SSSR count). The Labute approximate surface area is 693 Å². The molecule has 0 spiro atoms. The van der Waals surface area contributed by atoms with Crippen molar-refractivity contribution in [1.82, 2.24) is 38.6 Å². The molecule has 28 nitrogen and oxygen atoms in total. The monoisotopic (exact) mass is 1650 g/mol. The van der Waals surface area contributed by atoms with Crippen LogP contribution in [-0.4, -0.2) is 160 Å². The number of amides is 3. The van der Waals surface area contributed by atoms with Crippen LogP contribution in [0.5, 0.6) is 11.5 Å². The minimum Gasteiger partial charge on any atom is -0.497 e. The number of nitriles is 2. The van der Waals surface area contributed by atoms with Crippen molar-refractivity contribution < 1.29 is 70.2 Å². The molecule has 10 aromatic rings. The number of Topliss-reactive ketones (excluding diaryl/α,β-unsaturated/α-hetero) is 1. The summed E-state index contributed by atoms with van der Waals surface area (Å²) in [4.78, 5) is 87.6. The highest BCUT2D eigenvalue weighted by Gasteiger charge is 2.47. The maximum Gasteiger partial charge on any atom is 0.409 e. The number of nitrogens with one attached hydrogen (secondary N) is 2. The number of imidazole rings is 1. The zero-order chi connectivity index (χ0) is 83.4. The van der Waals surface area contributed by atoms with E-state index in [4.69, 9.17) is 56.0 Å². The van der Waals surface area contributed by atoms with Gasteiger partial charge in [-0.15, -0.1) is 0 Å². The molecule has 3 aliphatic rings. The molecule has 7 aromatic carbocycles. The van der Waals surface area contributed by atoms with Gasteiger partial charge in [0.1, 0.15) is 66.3 Å². The Morgan fingerprint density at radius 2 is 1.22 bits per heavy atom. The molecule has 2 fully saturated rings. The van der Waals surface area contributed by atoms with E-state index in [-0.39, 0.29) is 119 Å². The Kier molecular flexibility index (Phi) is 29.6. The molecule has 8 atom stereocenters. The van der Waals surface area contributed by atoms with Crippen LogP contribution in [-0.2, 0) is 69.6 Å². The van der Waals surface area contributed by atoms with Gasteiger partial charge in [-0.3, -0.25) is 23.5 Å². The van der Waals surface area contributed by atoms with Crippen molar-refractivity contribution >= 4 is 63.6 Å². The van der Waals surface area contributed by atoms with Gasteiger partial charge >= 0.3 is 20.4 Å². The standard InChI is InChI=1S/C89H96N12O16P2/c1-59(2)101(60(3)4)118(111-49-19-45-90)116-75-52-81(99-48-44-79(96-87(99)105)95-80(103)29-18-47-98(5)88(106)109-54-74-72-27-16-14-25-70(72)71-26-15-17-28-73(71)74)115-78(75)56-113-119(112-50-20-46-91)117-76-53-82(114-77(76)55-110-89(64-23-12-9-13-24-64,65-35-40-68(107-6)41-36-65)66-37-42-69(108-7)43-38-66)100-58-94-83-84(92-57-93-85(83)100)97-86(104)63-33-30-61(31-34-63)32-39-67(102)51-62-21-10-8-11-22-62/h8-17,21-28,30-31,33-38,40-44,48,57-60,74-78,81-82H,18-20,29,32,39,47,49-56H2,1-7H3,(H,92,93,97,104)(H,95,96,103,105)/t75?,76?,77-,78-,81-,82-,118?,119?/m1/s1. The van der Waals surface area contributed by atoms with E-state index in [9.17, 15) is 34.5 Å². The van der Waals surface area contributed by atoms with Crippen molar-refractivity contribution in [2.45, 2.75) is 146 Å². The second kappa shape index (κ2) is 41.1. The van der Waals surface area contributed by atoms with E-state index in [1.165, 1.54) is 28.1 Å². The summed E-state index contributed by atoms with van der Waals surface area (Å²) in [7, 11) is 0.459. The highest BCUT2D eigenvalue weighted by Crippen LogP contribution is 2.53. The number of rotatable bonds is 40. The van der Waals surface area contributed by atoms with Crippen LogP contribution >= 0.6 is 17.1 Å². The molecule has 30 heteroatoms. The zero-order valence-corrected chi connectivity index (χ0v) is 69.1. The number of benzene rings is 7. The number of anilines is 2. The maximum atomic E-state index is 14.3. The number of hydrogen-bond acceptors (Lipinski definition) is 23. The van der Waals surface area contributed by atoms with Gasteiger partial charge in [0, 0.05) is 75.5 Å². The van der Waals surface area contributed by atoms with Gasteiger partial charge in [-0.05, 0) is 133 Å². The Hall–Kier alpha value is -11.1. The predicted octanol–water partition coefficient (Wildman–Crippen LogP) is 15.5. The fourth-order valence-electron chi connectivity index (χ4n) is 15.0. The number of ketones is 1. The number of ether oxygens (including phenoxy) is 6. The van der Waals surface area contributed by atoms with Gasteiger partial charge in [0.2, 0.25) is 5.91 Å². The van der Waals surface area contributed by atoms with E-state index >= 15 is 0 Å². The van der Waals surface area contributed by atoms with Crippen molar-refractivity contribution in [2.24, 2.45) is 0 Å². The van der Waals surface area contributed by atoms with Crippen molar-refractivity contribution in [2.75, 3.05) is 71.5 Å². The van der Waals surface area contributed by atoms with E-state index in [1.54, 1.807) is 44.3 Å². The summed E-state index contributed by atoms with van der Waals surface area (Å²) in [5, 5.41) is 25.3. The van der Waals surface area contributed by atoms with Gasteiger partial charge in [-0.2, -0.15) is 15.5 Å². The molecule has 2 N–H and O–H groups in total. The molecular formula is C89H96N12O16P2. The molecule has 618 valence electrons. The first kappa shape index (κ1) is 85.8. The van der Waals surface area contributed by atoms with Gasteiger partial charge in [-0.25, -0.2) is 29.2 Å². The molecule has 2 aliphatic heterocycles. The molecule has 2 saturated heterocycles. The van der Waals surface area contributed by atoms with Crippen LogP contribution in [0.25, 0.3) is 22.3 Å². The first-order chi connectivity index (χ1) is 57.9. The fourth-order valence-corrected chi connectivity index (χ4v) is 17.9. The molecular weight excluding hydrogens is 1550 g/mol. The van der Waals surface area contributed by atoms with E-state index in [0.717, 1.165) is 50.1 Å². The number of carbonyl (C=O) groups is 4. The van der Waals surface area contributed by atoms with Crippen LogP contribution < -0.4 is 25.8 Å². The average molecular weight is 1650 g/mol. The molecule has 119 heavy (non-hydrogen) atoms. The smallest absolute Gasteiger partial charge is 0.409 e. The number of aryl methyl sites for hydroxylation is 1. The van der Waals surface area contributed by atoms with Crippen LogP contribution in [0, 0.1) is 22.7 Å². The molecule has 3 aromatic heterocycles. The summed E-state index contributed by atoms with van der Waals surface area (Å²) in [6, 6.07) is 63.5. The number of aromatic nitrogens is 6. The summed E-state index contributed by atoms with van der Waals surface area (Å²) < 4.78 is 77.5. The summed E-state index contributed by atoms with van der Waals surface area (Å²) >= 11 is 0. The lowest BCUT2D eigenvalue weighted by molar-refractivity contribution is -0.118. The molecule has 0 bridgehead atoms. The van der Waals surface area contributed by atoms with E-state index < -0.39 is 83.2 Å². The van der Waals surface area contributed by atoms with Crippen molar-refractivity contribution in [3.05, 3.63) is 262 Å². The largest absolute Gasteiger partial charge is 0.497 e. The second-order valence-electron chi connectivity index (χ2n) is 29.4. The Bertz CT molecular complexity index is 5130. The Morgan fingerprint density at radius 1 is 0.630 bits per heavy atom. The number of methoxy groups -OCH3 is 2. The predicted molar refractivity (Wildman–Crippen MR) is 447 cm³/mol. The Morgan fingerprint density at radius 3 is 1.84 bits per heavy atom. The summed E-state index contributed by atoms with van der Waals surface area (Å²) in [6.45, 7) is 7.97. The maximum absolute atomic E-state index is 14.3. The molecule has 5 heterocycles. The van der Waals surface area contributed by atoms with Crippen molar-refractivity contribution in [3.63, 3.8) is 0 Å². The third kappa shape index (κ3) is 21.2. The summed E-state index contributed by atoms with van der Waals surface area (Å²) in [6.07, 6.45) is -0.0218. The highest BCUT2D eigenvalue weighted by atomic mass is 31.2. The lowest BCUT2D eigenvalue weighted by Gasteiger charge is -2.37. The fraction of sp³-hybridized carbons (Fsp3) is 0.360. The van der Waals surface area contributed by atoms with E-state index in [1.807, 2.05) is 173 Å². The number of nitrogens with zero attached hydrogens (tertiary/aromatic N) is 10. The lowest BCUT2D eigenvalue weighted by Crippen LogP contribution is -2.38. The van der Waals surface area contributed by atoms with Crippen molar-refractivity contribution in [1.29, 1.82) is 10.5 Å². The SMILES string of the molecule is COc1ccc(C(OC[C@H]2O[C@@H](n3cnc4c(NC(=O)c5ccc(CCC(=O)Cc6ccccc6)cc5)ncnc43)CC2OP(OCCC#N)OC[C@H]2O[C@@H](n3ccc(NC(=O)CCCN(C)C(=O)OCC4c5ccccc5-c5ccccc54)nc3=O)CC2OP(OCCC#N)N(C(C)C)C(C)C)(c2ccccc2)c2ccc(OC)cc2)cc1. The summed E-state index contributed by atoms with van der Waals surface area (Å²) in [5.41, 5.74) is 7.44. The summed E-state index contributed by atoms with van der Waals surface area (Å²) in [5.74, 6) is 0.519. The van der Waals surface area contributed by atoms with E-state index in [0.29, 0.717) is 42.0 Å². The van der Waals surface area contributed by atoms with Crippen LogP contribution in [0.1, 0.15) is 140 Å². The van der Waals surface area contributed by atoms with Gasteiger partial charge in [0.05, 0.1) is 84.2 Å². The molecule has 0 saturated carbocycles. The van der Waals surface area contributed by atoms with Gasteiger partial charge in [0.25, 0.3) is 14.4 Å². The van der Waals surface area contributed by atoms with Gasteiger partial charge in [-0.1, -0.05) is 146 Å². The minimum absolute atomic E-state index is 0.000785. The normalized spacial score (nSPS) is 17.5. The third-order valence-electron chi connectivity index (χ3n) is 20.9. The first-order valence-electron chi connectivity index (χ1n) is 39.6. The average Bonchev–Trinajstić information content (AvgIpc) is 1.77. The topological polar surface area (TPSA) is 326 Å². The minimum atomic E-state index is -2.46. The number of carbonyl (C=O) groups excluding carboxylic acids is 4. The second-order valence-corrected chi connectivity index (χ2v) is 32.0. The van der Waals surface area contributed by atoms with Crippen LogP contribution in [0.2, 0.25) is 0 Å². The number of fused-ring (bicyclic) bond motifs is 4. The molecule has 4 unspecified atom stereocenters. The van der Waals surface area contributed by atoms with Gasteiger partial charge < -0.3 is 66.6 Å². The first-order valence-corrected chi connectivity index (χ1v) is 41.9. The third-order valence-corrected chi connectivity index (χ3v) is 24.2. The quantitative estimate of drug-likeness (QED) is 0.0205. The molecule has 0 radical (unpaired) electrons. The van der Waals surface area contributed by atoms with Crippen LogP contribution in [0.15, 0.2) is 212 Å². The molecule has 1 aliphatic carbocycles. The van der Waals surface area contributed by atoms with E-state index in [2.05, 4.69) is 66.7 Å². The lowest BCUT2D eigenvalue weighted by atomic mass is 9.80. The zero-order valence-electron chi connectivity index (χ0n) is 67.3. The van der Waals surface area contributed by atoms with Crippen LogP contribution in [0.3, 0.4) is 0 Å². The van der Waals surface area contributed by atoms with Crippen LogP contribution in [0.4, 0.5) is 16.4 Å². The Balaban J connectivity index is 0.746. The highest BCUT2D eigenvalue weighted by molar-refractivity contribution is 7.44. The van der Waals surface area contributed by atoms with Gasteiger partial charge in [0.15, 0.2) is 17.0 Å². The number of hydrogen-bond donors (Lipinski definition) is 2. The molecule has 3 amide bonds.